The number of hydrogen-bond donors (Lipinski definition) is 0. The molecule has 10 heteroatoms. The van der Waals surface area contributed by atoms with Crippen LogP contribution in [0.1, 0.15) is 277 Å². The van der Waals surface area contributed by atoms with E-state index in [1.807, 2.05) is 21.1 Å². The van der Waals surface area contributed by atoms with E-state index in [0.29, 0.717) is 17.4 Å². The molecule has 0 aliphatic rings. The Morgan fingerprint density at radius 3 is 1.20 bits per heavy atom. The monoisotopic (exact) mass is 1020 g/mol. The van der Waals surface area contributed by atoms with Crippen molar-refractivity contribution in [3.05, 3.63) is 48.6 Å². The van der Waals surface area contributed by atoms with E-state index in [0.717, 1.165) is 70.6 Å². The van der Waals surface area contributed by atoms with E-state index in [2.05, 4.69) is 62.5 Å². The van der Waals surface area contributed by atoms with Crippen LogP contribution in [0.4, 0.5) is 0 Å². The summed E-state index contributed by atoms with van der Waals surface area (Å²) in [6.07, 6.45) is 66.3. The number of allylic oxidation sites excluding steroid dienone is 8. The number of phosphoric acid groups is 1. The molecule has 0 saturated carbocycles. The van der Waals surface area contributed by atoms with Gasteiger partial charge in [-0.15, -0.1) is 0 Å². The first-order valence-corrected chi connectivity index (χ1v) is 31.3. The number of carbonyl (C=O) groups is 2. The third kappa shape index (κ3) is 57.1. The number of quaternary nitrogens is 1. The van der Waals surface area contributed by atoms with E-state index < -0.39 is 32.5 Å². The molecule has 0 bridgehead atoms. The van der Waals surface area contributed by atoms with E-state index in [4.69, 9.17) is 18.5 Å². The van der Waals surface area contributed by atoms with Crippen molar-refractivity contribution in [2.75, 3.05) is 47.5 Å². The summed E-state index contributed by atoms with van der Waals surface area (Å²) < 4.78 is 34.0. The molecular formula is C61H114NO8P. The molecule has 0 amide bonds. The number of carbonyl (C=O) groups excluding carboxylic acids is 2. The lowest BCUT2D eigenvalue weighted by Gasteiger charge is -2.28. The molecule has 2 unspecified atom stereocenters. The van der Waals surface area contributed by atoms with Crippen molar-refractivity contribution in [2.24, 2.45) is 0 Å². The first-order valence-electron chi connectivity index (χ1n) is 29.8. The highest BCUT2D eigenvalue weighted by Gasteiger charge is 2.22. The minimum atomic E-state index is -4.63. The second kappa shape index (κ2) is 52.8. The second-order valence-corrected chi connectivity index (χ2v) is 22.8. The summed E-state index contributed by atoms with van der Waals surface area (Å²) in [5.74, 6) is -0.837. The van der Waals surface area contributed by atoms with Crippen LogP contribution >= 0.6 is 7.82 Å². The number of rotatable bonds is 55. The Morgan fingerprint density at radius 2 is 0.789 bits per heavy atom. The van der Waals surface area contributed by atoms with Crippen molar-refractivity contribution in [2.45, 2.75) is 283 Å². The zero-order valence-electron chi connectivity index (χ0n) is 47.2. The van der Waals surface area contributed by atoms with Crippen molar-refractivity contribution in [1.82, 2.24) is 0 Å². The fraction of sp³-hybridized carbons (Fsp3) is 0.836. The van der Waals surface area contributed by atoms with Gasteiger partial charge in [0.2, 0.25) is 0 Å². The molecule has 0 rings (SSSR count). The van der Waals surface area contributed by atoms with Crippen LogP contribution < -0.4 is 4.89 Å². The van der Waals surface area contributed by atoms with E-state index in [1.165, 1.54) is 173 Å². The summed E-state index contributed by atoms with van der Waals surface area (Å²) in [5.41, 5.74) is 0. The molecule has 0 N–H and O–H groups in total. The average Bonchev–Trinajstić information content (AvgIpc) is 3.33. The maximum absolute atomic E-state index is 12.8. The number of likely N-dealkylation sites (N-methyl/N-ethyl adjacent to an activating group) is 1. The van der Waals surface area contributed by atoms with Crippen molar-refractivity contribution in [3.8, 4) is 0 Å². The van der Waals surface area contributed by atoms with Gasteiger partial charge in [0.25, 0.3) is 7.82 Å². The van der Waals surface area contributed by atoms with Gasteiger partial charge >= 0.3 is 11.9 Å². The lowest BCUT2D eigenvalue weighted by Crippen LogP contribution is -2.37. The maximum atomic E-state index is 12.8. The molecule has 71 heavy (non-hydrogen) atoms. The van der Waals surface area contributed by atoms with Gasteiger partial charge in [0.1, 0.15) is 19.8 Å². The molecule has 0 heterocycles. The van der Waals surface area contributed by atoms with Crippen molar-refractivity contribution < 1.29 is 42.1 Å². The normalized spacial score (nSPS) is 13.6. The number of hydrogen-bond acceptors (Lipinski definition) is 8. The summed E-state index contributed by atoms with van der Waals surface area (Å²) in [6.45, 7) is 4.17. The Morgan fingerprint density at radius 1 is 0.437 bits per heavy atom. The first-order chi connectivity index (χ1) is 34.5. The van der Waals surface area contributed by atoms with Gasteiger partial charge in [0.15, 0.2) is 6.10 Å². The Bertz CT molecular complexity index is 1340. The van der Waals surface area contributed by atoms with Crippen LogP contribution in [0.25, 0.3) is 0 Å². The molecule has 2 atom stereocenters. The summed E-state index contributed by atoms with van der Waals surface area (Å²) in [6, 6.07) is 0. The van der Waals surface area contributed by atoms with Crippen molar-refractivity contribution in [1.29, 1.82) is 0 Å². The maximum Gasteiger partial charge on any atom is 0.306 e. The van der Waals surface area contributed by atoms with Gasteiger partial charge in [-0.25, -0.2) is 0 Å². The topological polar surface area (TPSA) is 111 Å². The van der Waals surface area contributed by atoms with Crippen LogP contribution in [0, 0.1) is 0 Å². The summed E-state index contributed by atoms with van der Waals surface area (Å²) in [4.78, 5) is 37.7. The Labute approximate surface area is 439 Å². The zero-order chi connectivity index (χ0) is 52.0. The van der Waals surface area contributed by atoms with Gasteiger partial charge in [-0.3, -0.25) is 14.2 Å². The highest BCUT2D eigenvalue weighted by molar-refractivity contribution is 7.45. The van der Waals surface area contributed by atoms with E-state index in [1.54, 1.807) is 0 Å². The van der Waals surface area contributed by atoms with Crippen LogP contribution in [-0.4, -0.2) is 70.0 Å². The standard InChI is InChI=1S/C61H114NO8P/c1-6-8-10-12-14-16-18-19-20-21-22-23-24-25-26-27-28-29-30-31-32-33-34-35-36-37-38-39-40-41-42-43-44-46-48-50-52-54-61(64)70-59(58-69-71(65,66)68-56-55-62(3,4)5)57-67-60(63)53-51-49-47-45-17-15-13-11-9-7-2/h11,13,18-19,21-22,24-25,59H,6-10,12,14-17,20,23,26-58H2,1-5H3/b13-11-,19-18-,22-21-,25-24-. The predicted molar refractivity (Wildman–Crippen MR) is 300 cm³/mol. The lowest BCUT2D eigenvalue weighted by molar-refractivity contribution is -0.870. The van der Waals surface area contributed by atoms with Crippen molar-refractivity contribution >= 4 is 19.8 Å². The van der Waals surface area contributed by atoms with Gasteiger partial charge in [0.05, 0.1) is 27.7 Å². The van der Waals surface area contributed by atoms with Gasteiger partial charge in [-0.2, -0.15) is 0 Å². The minimum absolute atomic E-state index is 0.0310. The highest BCUT2D eigenvalue weighted by atomic mass is 31.2. The van der Waals surface area contributed by atoms with E-state index in [-0.39, 0.29) is 26.1 Å². The Balaban J connectivity index is 3.88. The van der Waals surface area contributed by atoms with Gasteiger partial charge in [-0.1, -0.05) is 242 Å². The average molecular weight is 1020 g/mol. The van der Waals surface area contributed by atoms with Gasteiger partial charge < -0.3 is 27.9 Å². The molecule has 0 aromatic carbocycles. The predicted octanol–water partition coefficient (Wildman–Crippen LogP) is 17.9. The number of ether oxygens (including phenoxy) is 2. The molecule has 416 valence electrons. The Kier molecular flexibility index (Phi) is 51.3. The molecule has 0 fully saturated rings. The van der Waals surface area contributed by atoms with Crippen LogP contribution in [0.2, 0.25) is 0 Å². The molecule has 0 aromatic rings. The summed E-state index contributed by atoms with van der Waals surface area (Å²) in [5, 5.41) is 0. The highest BCUT2D eigenvalue weighted by Crippen LogP contribution is 2.38. The quantitative estimate of drug-likeness (QED) is 0.0195. The number of phosphoric ester groups is 1. The minimum Gasteiger partial charge on any atom is -0.756 e. The first kappa shape index (κ1) is 69.0. The third-order valence-corrected chi connectivity index (χ3v) is 14.0. The smallest absolute Gasteiger partial charge is 0.306 e. The van der Waals surface area contributed by atoms with Crippen LogP contribution in [-0.2, 0) is 32.7 Å². The number of unbranched alkanes of at least 4 members (excludes halogenated alkanes) is 33. The zero-order valence-corrected chi connectivity index (χ0v) is 48.1. The van der Waals surface area contributed by atoms with Crippen LogP contribution in [0.15, 0.2) is 48.6 Å². The third-order valence-electron chi connectivity index (χ3n) is 13.1. The van der Waals surface area contributed by atoms with Crippen LogP contribution in [0.3, 0.4) is 0 Å². The molecule has 9 nitrogen and oxygen atoms in total. The molecule has 0 aliphatic carbocycles. The second-order valence-electron chi connectivity index (χ2n) is 21.4. The number of nitrogens with zero attached hydrogens (tertiary/aromatic N) is 1. The molecule has 0 spiro atoms. The molecule has 0 aliphatic heterocycles. The molecule has 0 aromatic heterocycles. The summed E-state index contributed by atoms with van der Waals surface area (Å²) in [7, 11) is 1.17. The van der Waals surface area contributed by atoms with E-state index in [9.17, 15) is 19.0 Å². The molecule has 0 saturated heterocycles. The number of esters is 2. The molecular weight excluding hydrogens is 906 g/mol. The fourth-order valence-corrected chi connectivity index (χ4v) is 9.16. The van der Waals surface area contributed by atoms with Crippen molar-refractivity contribution in [3.63, 3.8) is 0 Å². The Hall–Kier alpha value is -2.03. The fourth-order valence-electron chi connectivity index (χ4n) is 8.43. The largest absolute Gasteiger partial charge is 0.756 e. The SMILES string of the molecule is CCC/C=C\CCCCCCCC(=O)OCC(COP(=O)([O-])OCC[N+](C)(C)C)OC(=O)CCCCCCCCCCCCCCCCCCCCCCCC/C=C\C/C=C\C/C=C\CCCCCCC. The molecule has 0 radical (unpaired) electrons. The van der Waals surface area contributed by atoms with E-state index >= 15 is 0 Å². The van der Waals surface area contributed by atoms with Gasteiger partial charge in [0, 0.05) is 12.8 Å². The summed E-state index contributed by atoms with van der Waals surface area (Å²) >= 11 is 0. The lowest BCUT2D eigenvalue weighted by atomic mass is 10.0. The van der Waals surface area contributed by atoms with Gasteiger partial charge in [-0.05, 0) is 70.6 Å². The van der Waals surface area contributed by atoms with Crippen LogP contribution in [0.5, 0.6) is 0 Å².